The van der Waals surface area contributed by atoms with Crippen molar-refractivity contribution in [3.05, 3.63) is 11.6 Å². The van der Waals surface area contributed by atoms with Crippen molar-refractivity contribution in [2.45, 2.75) is 32.3 Å². The summed E-state index contributed by atoms with van der Waals surface area (Å²) in [4.78, 5) is 11.5. The zero-order valence-corrected chi connectivity index (χ0v) is 8.62. The quantitative estimate of drug-likeness (QED) is 0.676. The Bertz CT molecular complexity index is 295. The van der Waals surface area contributed by atoms with Gasteiger partial charge in [-0.25, -0.2) is 4.79 Å². The number of rotatable bonds is 2. The molecule has 0 radical (unpaired) electrons. The molecule has 0 spiro atoms. The van der Waals surface area contributed by atoms with Crippen LogP contribution >= 0.6 is 0 Å². The molecule has 3 atom stereocenters. The average molecular weight is 196 g/mol. The topological polar surface area (TPSA) is 46.5 Å². The van der Waals surface area contributed by atoms with Gasteiger partial charge in [0.2, 0.25) is 0 Å². The summed E-state index contributed by atoms with van der Waals surface area (Å²) in [5, 5.41) is 10.3. The van der Waals surface area contributed by atoms with Crippen LogP contribution in [0.4, 0.5) is 0 Å². The summed E-state index contributed by atoms with van der Waals surface area (Å²) in [6.45, 7) is 4.13. The van der Waals surface area contributed by atoms with E-state index in [1.54, 1.807) is 6.92 Å². The maximum atomic E-state index is 11.5. The Morgan fingerprint density at radius 3 is 3.00 bits per heavy atom. The van der Waals surface area contributed by atoms with Crippen LogP contribution < -0.4 is 0 Å². The first-order valence-electron chi connectivity index (χ1n) is 5.22. The lowest BCUT2D eigenvalue weighted by Gasteiger charge is -2.41. The maximum absolute atomic E-state index is 11.5. The van der Waals surface area contributed by atoms with Crippen molar-refractivity contribution in [3.8, 4) is 0 Å². The number of carbonyl (C=O) groups excluding carboxylic acids is 1. The van der Waals surface area contributed by atoms with E-state index in [0.29, 0.717) is 12.2 Å². The summed E-state index contributed by atoms with van der Waals surface area (Å²) < 4.78 is 4.90. The van der Waals surface area contributed by atoms with E-state index >= 15 is 0 Å². The molecule has 0 aromatic carbocycles. The zero-order chi connectivity index (χ0) is 10.3. The van der Waals surface area contributed by atoms with Gasteiger partial charge in [-0.05, 0) is 25.7 Å². The predicted molar refractivity (Wildman–Crippen MR) is 51.6 cm³/mol. The van der Waals surface area contributed by atoms with Crippen LogP contribution in [-0.2, 0) is 9.53 Å². The summed E-state index contributed by atoms with van der Waals surface area (Å²) in [7, 11) is 0. The van der Waals surface area contributed by atoms with Gasteiger partial charge in [-0.1, -0.05) is 13.0 Å². The molecule has 0 bridgehead atoms. The highest BCUT2D eigenvalue weighted by Gasteiger charge is 2.57. The molecule has 1 fully saturated rings. The summed E-state index contributed by atoms with van der Waals surface area (Å²) in [5.41, 5.74) is -0.402. The molecule has 0 unspecified atom stereocenters. The van der Waals surface area contributed by atoms with E-state index in [1.165, 1.54) is 0 Å². The molecule has 0 amide bonds. The molecule has 0 aliphatic heterocycles. The van der Waals surface area contributed by atoms with Gasteiger partial charge in [0, 0.05) is 5.92 Å². The SMILES string of the molecule is CCOC(=O)C1=C[C@@H]2CC[C@H](C)[C@]12O. The van der Waals surface area contributed by atoms with E-state index in [-0.39, 0.29) is 17.8 Å². The number of fused-ring (bicyclic) bond motifs is 1. The first-order chi connectivity index (χ1) is 6.60. The fourth-order valence-electron chi connectivity index (χ4n) is 2.59. The van der Waals surface area contributed by atoms with Gasteiger partial charge in [0.05, 0.1) is 12.2 Å². The van der Waals surface area contributed by atoms with Crippen LogP contribution in [0.2, 0.25) is 0 Å². The third-order valence-corrected chi connectivity index (χ3v) is 3.52. The largest absolute Gasteiger partial charge is 0.463 e. The van der Waals surface area contributed by atoms with Crippen molar-refractivity contribution in [2.24, 2.45) is 11.8 Å². The van der Waals surface area contributed by atoms with Gasteiger partial charge >= 0.3 is 5.97 Å². The Kier molecular flexibility index (Phi) is 2.14. The van der Waals surface area contributed by atoms with Crippen molar-refractivity contribution in [3.63, 3.8) is 0 Å². The monoisotopic (exact) mass is 196 g/mol. The van der Waals surface area contributed by atoms with Gasteiger partial charge in [0.25, 0.3) is 0 Å². The van der Waals surface area contributed by atoms with Crippen molar-refractivity contribution in [1.29, 1.82) is 0 Å². The van der Waals surface area contributed by atoms with Crippen LogP contribution in [0.1, 0.15) is 26.7 Å². The second kappa shape index (κ2) is 3.09. The predicted octanol–water partition coefficient (Wildman–Crippen LogP) is 1.27. The Morgan fingerprint density at radius 2 is 2.43 bits per heavy atom. The Morgan fingerprint density at radius 1 is 1.71 bits per heavy atom. The van der Waals surface area contributed by atoms with Gasteiger partial charge < -0.3 is 9.84 Å². The zero-order valence-electron chi connectivity index (χ0n) is 8.62. The van der Waals surface area contributed by atoms with E-state index in [4.69, 9.17) is 4.74 Å². The van der Waals surface area contributed by atoms with Gasteiger partial charge in [-0.15, -0.1) is 0 Å². The number of hydrogen-bond donors (Lipinski definition) is 1. The number of hydrogen-bond acceptors (Lipinski definition) is 3. The summed E-state index contributed by atoms with van der Waals surface area (Å²) >= 11 is 0. The van der Waals surface area contributed by atoms with Gasteiger partial charge in [0.1, 0.15) is 5.60 Å². The highest BCUT2D eigenvalue weighted by atomic mass is 16.5. The minimum atomic E-state index is -0.883. The molecular formula is C11H16O3. The molecule has 3 heteroatoms. The van der Waals surface area contributed by atoms with Crippen LogP contribution in [0, 0.1) is 11.8 Å². The van der Waals surface area contributed by atoms with Crippen LogP contribution in [0.15, 0.2) is 11.6 Å². The molecule has 1 saturated carbocycles. The third kappa shape index (κ3) is 1.05. The first-order valence-corrected chi connectivity index (χ1v) is 5.22. The van der Waals surface area contributed by atoms with E-state index in [1.807, 2.05) is 13.0 Å². The lowest BCUT2D eigenvalue weighted by Crippen LogP contribution is -2.49. The number of aliphatic hydroxyl groups is 1. The van der Waals surface area contributed by atoms with Gasteiger partial charge in [0.15, 0.2) is 0 Å². The Balaban J connectivity index is 2.17. The molecule has 2 aliphatic carbocycles. The minimum absolute atomic E-state index is 0.178. The normalized spacial score (nSPS) is 39.8. The van der Waals surface area contributed by atoms with Crippen molar-refractivity contribution >= 4 is 5.97 Å². The lowest BCUT2D eigenvalue weighted by molar-refractivity contribution is -0.144. The molecule has 0 aromatic rings. The van der Waals surface area contributed by atoms with Gasteiger partial charge in [-0.2, -0.15) is 0 Å². The van der Waals surface area contributed by atoms with Crippen LogP contribution in [-0.4, -0.2) is 23.3 Å². The lowest BCUT2D eigenvalue weighted by atomic mass is 9.69. The summed E-state index contributed by atoms with van der Waals surface area (Å²) in [5.74, 6) is 0.00816. The molecule has 0 aromatic heterocycles. The second-order valence-corrected chi connectivity index (χ2v) is 4.21. The second-order valence-electron chi connectivity index (χ2n) is 4.21. The smallest absolute Gasteiger partial charge is 0.336 e. The minimum Gasteiger partial charge on any atom is -0.463 e. The van der Waals surface area contributed by atoms with E-state index in [0.717, 1.165) is 12.8 Å². The van der Waals surface area contributed by atoms with Crippen molar-refractivity contribution < 1.29 is 14.6 Å². The Labute approximate surface area is 83.8 Å². The molecular weight excluding hydrogens is 180 g/mol. The highest BCUT2D eigenvalue weighted by Crippen LogP contribution is 2.53. The standard InChI is InChI=1S/C11H16O3/c1-3-14-10(12)9-6-8-5-4-7(2)11(8,9)13/h6-8,13H,3-5H2,1-2H3/t7-,8-,11+/m0/s1. The van der Waals surface area contributed by atoms with Crippen LogP contribution in [0.25, 0.3) is 0 Å². The van der Waals surface area contributed by atoms with Crippen LogP contribution in [0.5, 0.6) is 0 Å². The van der Waals surface area contributed by atoms with Crippen LogP contribution in [0.3, 0.4) is 0 Å². The van der Waals surface area contributed by atoms with Crippen molar-refractivity contribution in [1.82, 2.24) is 0 Å². The molecule has 3 nitrogen and oxygen atoms in total. The van der Waals surface area contributed by atoms with E-state index in [2.05, 4.69) is 0 Å². The average Bonchev–Trinajstić information content (AvgIpc) is 2.32. The molecule has 2 aliphatic rings. The maximum Gasteiger partial charge on any atom is 0.336 e. The molecule has 14 heavy (non-hydrogen) atoms. The fourth-order valence-corrected chi connectivity index (χ4v) is 2.59. The molecule has 0 heterocycles. The molecule has 0 saturated heterocycles. The number of ether oxygens (including phenoxy) is 1. The number of carbonyl (C=O) groups is 1. The van der Waals surface area contributed by atoms with E-state index in [9.17, 15) is 9.90 Å². The molecule has 78 valence electrons. The number of esters is 1. The molecule has 2 rings (SSSR count). The van der Waals surface area contributed by atoms with Gasteiger partial charge in [-0.3, -0.25) is 0 Å². The summed E-state index contributed by atoms with van der Waals surface area (Å²) in [6, 6.07) is 0. The van der Waals surface area contributed by atoms with E-state index < -0.39 is 5.60 Å². The Hall–Kier alpha value is -0.830. The first kappa shape index (κ1) is 9.71. The highest BCUT2D eigenvalue weighted by molar-refractivity contribution is 5.93. The van der Waals surface area contributed by atoms with Crippen molar-refractivity contribution in [2.75, 3.05) is 6.61 Å². The third-order valence-electron chi connectivity index (χ3n) is 3.52. The fraction of sp³-hybridized carbons (Fsp3) is 0.727. The molecule has 1 N–H and O–H groups in total. The summed E-state index contributed by atoms with van der Waals surface area (Å²) in [6.07, 6.45) is 3.84.